The number of benzene rings is 1. The molecule has 1 fully saturated rings. The molecule has 0 spiro atoms. The molecule has 1 atom stereocenters. The van der Waals surface area contributed by atoms with E-state index in [2.05, 4.69) is 16.8 Å². The van der Waals surface area contributed by atoms with Crippen LogP contribution < -0.4 is 4.90 Å². The first-order chi connectivity index (χ1) is 11.5. The number of halogens is 1. The van der Waals surface area contributed by atoms with Gasteiger partial charge in [0.15, 0.2) is 5.13 Å². The Hall–Kier alpha value is -1.79. The monoisotopic (exact) mass is 347 g/mol. The number of hydrogen-bond donors (Lipinski definition) is 0. The third-order valence-corrected chi connectivity index (χ3v) is 5.31. The molecule has 1 aromatic carbocycles. The predicted octanol–water partition coefficient (Wildman–Crippen LogP) is 3.99. The van der Waals surface area contributed by atoms with Crippen molar-refractivity contribution in [2.24, 2.45) is 0 Å². The maximum absolute atomic E-state index is 13.1. The number of nitrogens with zero attached hydrogens (tertiary/aromatic N) is 3. The minimum Gasteiger partial charge on any atom is -0.294 e. The molecule has 24 heavy (non-hydrogen) atoms. The van der Waals surface area contributed by atoms with Gasteiger partial charge < -0.3 is 0 Å². The molecule has 0 saturated heterocycles. The van der Waals surface area contributed by atoms with Crippen molar-refractivity contribution in [2.45, 2.75) is 45.3 Å². The second kappa shape index (κ2) is 6.99. The Labute approximate surface area is 145 Å². The molecular formula is C18H22FN3OS. The van der Waals surface area contributed by atoms with E-state index in [1.165, 1.54) is 23.5 Å². The molecule has 1 heterocycles. The van der Waals surface area contributed by atoms with Crippen LogP contribution in [0.25, 0.3) is 0 Å². The van der Waals surface area contributed by atoms with Crippen molar-refractivity contribution in [3.05, 3.63) is 46.7 Å². The molecule has 0 radical (unpaired) electrons. The molecule has 6 heteroatoms. The Kier molecular flexibility index (Phi) is 4.96. The fourth-order valence-electron chi connectivity index (χ4n) is 2.75. The predicted molar refractivity (Wildman–Crippen MR) is 94.6 cm³/mol. The Morgan fingerprint density at radius 3 is 2.62 bits per heavy atom. The van der Waals surface area contributed by atoms with Gasteiger partial charge in [-0.05, 0) is 44.5 Å². The molecule has 1 saturated carbocycles. The van der Waals surface area contributed by atoms with Gasteiger partial charge in [0.25, 0.3) is 0 Å². The van der Waals surface area contributed by atoms with E-state index >= 15 is 0 Å². The largest absolute Gasteiger partial charge is 0.294 e. The first kappa shape index (κ1) is 17.0. The topological polar surface area (TPSA) is 36.4 Å². The van der Waals surface area contributed by atoms with E-state index < -0.39 is 0 Å². The smallest absolute Gasteiger partial charge is 0.225 e. The quantitative estimate of drug-likeness (QED) is 0.793. The highest BCUT2D eigenvalue weighted by Crippen LogP contribution is 2.34. The zero-order valence-corrected chi connectivity index (χ0v) is 15.0. The summed E-state index contributed by atoms with van der Waals surface area (Å²) in [4.78, 5) is 20.5. The van der Waals surface area contributed by atoms with Crippen LogP contribution in [0.2, 0.25) is 0 Å². The molecule has 1 aliphatic rings. The summed E-state index contributed by atoms with van der Waals surface area (Å²) in [6.45, 7) is 4.38. The lowest BCUT2D eigenvalue weighted by Crippen LogP contribution is -2.30. The fourth-order valence-corrected chi connectivity index (χ4v) is 3.68. The highest BCUT2D eigenvalue weighted by atomic mass is 32.1. The molecule has 3 rings (SSSR count). The van der Waals surface area contributed by atoms with Crippen molar-refractivity contribution in [3.63, 3.8) is 0 Å². The summed E-state index contributed by atoms with van der Waals surface area (Å²) in [6.07, 6.45) is 2.13. The van der Waals surface area contributed by atoms with Gasteiger partial charge in [0.2, 0.25) is 5.91 Å². The van der Waals surface area contributed by atoms with Crippen LogP contribution in [-0.4, -0.2) is 28.9 Å². The molecule has 1 aliphatic carbocycles. The number of thiazole rings is 1. The average molecular weight is 347 g/mol. The number of aromatic nitrogens is 1. The van der Waals surface area contributed by atoms with Crippen LogP contribution in [-0.2, 0) is 11.3 Å². The van der Waals surface area contributed by atoms with Crippen LogP contribution in [0.15, 0.2) is 29.6 Å². The second-order valence-electron chi connectivity index (χ2n) is 6.38. The highest BCUT2D eigenvalue weighted by Gasteiger charge is 2.33. The van der Waals surface area contributed by atoms with Gasteiger partial charge in [0.1, 0.15) is 5.82 Å². The normalized spacial score (nSPS) is 15.5. The molecule has 128 valence electrons. The maximum Gasteiger partial charge on any atom is 0.225 e. The number of amides is 1. The van der Waals surface area contributed by atoms with Crippen molar-refractivity contribution in [3.8, 4) is 0 Å². The van der Waals surface area contributed by atoms with Crippen LogP contribution in [0, 0.1) is 5.82 Å². The summed E-state index contributed by atoms with van der Waals surface area (Å²) < 4.78 is 13.1. The van der Waals surface area contributed by atoms with Crippen LogP contribution in [0.1, 0.15) is 44.0 Å². The molecule has 2 aromatic rings. The van der Waals surface area contributed by atoms with Crippen LogP contribution >= 0.6 is 11.3 Å². The zero-order valence-electron chi connectivity index (χ0n) is 14.2. The van der Waals surface area contributed by atoms with Crippen molar-refractivity contribution < 1.29 is 9.18 Å². The van der Waals surface area contributed by atoms with E-state index in [0.717, 1.165) is 29.2 Å². The van der Waals surface area contributed by atoms with Gasteiger partial charge in [-0.3, -0.25) is 14.6 Å². The van der Waals surface area contributed by atoms with Crippen molar-refractivity contribution >= 4 is 22.4 Å². The Bertz CT molecular complexity index is 711. The van der Waals surface area contributed by atoms with Crippen molar-refractivity contribution in [2.75, 3.05) is 11.9 Å². The minimum absolute atomic E-state index is 0.0615. The van der Waals surface area contributed by atoms with E-state index in [-0.39, 0.29) is 17.8 Å². The summed E-state index contributed by atoms with van der Waals surface area (Å²) in [5, 5.41) is 2.81. The van der Waals surface area contributed by atoms with Gasteiger partial charge in [-0.1, -0.05) is 12.1 Å². The van der Waals surface area contributed by atoms with E-state index in [0.29, 0.717) is 12.6 Å². The number of hydrogen-bond acceptors (Lipinski definition) is 4. The van der Waals surface area contributed by atoms with E-state index in [1.807, 2.05) is 29.5 Å². The first-order valence-corrected chi connectivity index (χ1v) is 9.03. The molecule has 4 nitrogen and oxygen atoms in total. The minimum atomic E-state index is -0.220. The third kappa shape index (κ3) is 3.82. The lowest BCUT2D eigenvalue weighted by molar-refractivity contribution is -0.116. The maximum atomic E-state index is 13.1. The Morgan fingerprint density at radius 1 is 1.38 bits per heavy atom. The number of carbonyl (C=O) groups is 1. The standard InChI is InChI=1S/C18H22FN3OS/c1-12(14-4-6-15(19)7-5-14)21(3)10-16-11-24-18(20-16)22(13(2)23)17-8-9-17/h4-7,11-12,17H,8-10H2,1-3H3/t12-/m1/s1. The van der Waals surface area contributed by atoms with Gasteiger partial charge >= 0.3 is 0 Å². The number of carbonyl (C=O) groups excluding carboxylic acids is 1. The van der Waals surface area contributed by atoms with Gasteiger partial charge in [0.05, 0.1) is 5.69 Å². The second-order valence-corrected chi connectivity index (χ2v) is 7.22. The molecule has 0 N–H and O–H groups in total. The van der Waals surface area contributed by atoms with Gasteiger partial charge in [-0.25, -0.2) is 9.37 Å². The number of anilines is 1. The molecule has 0 aliphatic heterocycles. The summed E-state index contributed by atoms with van der Waals surface area (Å²) in [5.41, 5.74) is 2.02. The summed E-state index contributed by atoms with van der Waals surface area (Å²) in [6, 6.07) is 7.09. The van der Waals surface area contributed by atoms with Crippen LogP contribution in [0.3, 0.4) is 0 Å². The third-order valence-electron chi connectivity index (χ3n) is 4.42. The van der Waals surface area contributed by atoms with Gasteiger partial charge in [-0.15, -0.1) is 11.3 Å². The number of rotatable bonds is 6. The Morgan fingerprint density at radius 2 is 2.04 bits per heavy atom. The van der Waals surface area contributed by atoms with Gasteiger partial charge in [0, 0.05) is 30.9 Å². The van der Waals surface area contributed by atoms with E-state index in [1.54, 1.807) is 6.92 Å². The Balaban J connectivity index is 1.67. The van der Waals surface area contributed by atoms with Crippen LogP contribution in [0.4, 0.5) is 9.52 Å². The molecule has 0 bridgehead atoms. The lowest BCUT2D eigenvalue weighted by Gasteiger charge is -2.24. The highest BCUT2D eigenvalue weighted by molar-refractivity contribution is 7.14. The molecule has 1 amide bonds. The molecule has 1 aromatic heterocycles. The summed E-state index contributed by atoms with van der Waals surface area (Å²) in [7, 11) is 2.02. The van der Waals surface area contributed by atoms with E-state index in [4.69, 9.17) is 0 Å². The van der Waals surface area contributed by atoms with E-state index in [9.17, 15) is 9.18 Å². The lowest BCUT2D eigenvalue weighted by atomic mass is 10.1. The van der Waals surface area contributed by atoms with Crippen molar-refractivity contribution in [1.82, 2.24) is 9.88 Å². The molecular weight excluding hydrogens is 325 g/mol. The fraction of sp³-hybridized carbons (Fsp3) is 0.444. The zero-order chi connectivity index (χ0) is 17.3. The average Bonchev–Trinajstić information content (AvgIpc) is 3.26. The van der Waals surface area contributed by atoms with Crippen molar-refractivity contribution in [1.29, 1.82) is 0 Å². The summed E-state index contributed by atoms with van der Waals surface area (Å²) in [5.74, 6) is -0.159. The SMILES string of the molecule is CC(=O)N(c1nc(CN(C)[C@H](C)c2ccc(F)cc2)cs1)C1CC1. The molecule has 0 unspecified atom stereocenters. The van der Waals surface area contributed by atoms with Gasteiger partial charge in [-0.2, -0.15) is 0 Å². The summed E-state index contributed by atoms with van der Waals surface area (Å²) >= 11 is 1.52. The first-order valence-electron chi connectivity index (χ1n) is 8.15. The van der Waals surface area contributed by atoms with Crippen LogP contribution in [0.5, 0.6) is 0 Å².